The molecule has 30 heavy (non-hydrogen) atoms. The molecule has 0 amide bonds. The topological polar surface area (TPSA) is 56.7 Å². The van der Waals surface area contributed by atoms with E-state index in [-0.39, 0.29) is 0 Å². The van der Waals surface area contributed by atoms with Crippen molar-refractivity contribution in [2.45, 2.75) is 24.8 Å². The second-order valence-corrected chi connectivity index (χ2v) is 8.21. The van der Waals surface area contributed by atoms with E-state index in [1.54, 1.807) is 18.9 Å². The Morgan fingerprint density at radius 3 is 2.53 bits per heavy atom. The van der Waals surface area contributed by atoms with Crippen LogP contribution in [0.4, 0.5) is 0 Å². The van der Waals surface area contributed by atoms with Crippen molar-refractivity contribution in [2.75, 3.05) is 7.11 Å². The number of rotatable bonds is 5. The van der Waals surface area contributed by atoms with Crippen LogP contribution in [-0.4, -0.2) is 31.3 Å². The Bertz CT molecular complexity index is 1350. The Hall–Kier alpha value is -3.32. The third kappa shape index (κ3) is 3.31. The van der Waals surface area contributed by atoms with Crippen molar-refractivity contribution in [1.82, 2.24) is 24.2 Å². The Kier molecular flexibility index (Phi) is 4.67. The van der Waals surface area contributed by atoms with Crippen molar-refractivity contribution in [3.05, 3.63) is 77.6 Å². The zero-order valence-electron chi connectivity index (χ0n) is 17.0. The highest BCUT2D eigenvalue weighted by atomic mass is 32.2. The van der Waals surface area contributed by atoms with Crippen LogP contribution in [0.1, 0.15) is 16.7 Å². The maximum absolute atomic E-state index is 5.22. The highest BCUT2D eigenvalue weighted by Crippen LogP contribution is 2.27. The van der Waals surface area contributed by atoms with E-state index in [1.165, 1.54) is 16.7 Å². The van der Waals surface area contributed by atoms with Gasteiger partial charge in [0.2, 0.25) is 0 Å². The molecule has 0 radical (unpaired) electrons. The molecule has 5 rings (SSSR count). The van der Waals surface area contributed by atoms with E-state index in [9.17, 15) is 0 Å². The smallest absolute Gasteiger partial charge is 0.196 e. The fourth-order valence-corrected chi connectivity index (χ4v) is 4.27. The molecule has 0 spiro atoms. The molecule has 0 fully saturated rings. The van der Waals surface area contributed by atoms with Crippen molar-refractivity contribution in [3.8, 4) is 17.0 Å². The van der Waals surface area contributed by atoms with Gasteiger partial charge in [-0.3, -0.25) is 4.40 Å². The van der Waals surface area contributed by atoms with E-state index in [2.05, 4.69) is 60.4 Å². The summed E-state index contributed by atoms with van der Waals surface area (Å²) in [6.45, 7) is 4.24. The molecule has 0 bridgehead atoms. The highest BCUT2D eigenvalue weighted by Gasteiger charge is 2.13. The van der Waals surface area contributed by atoms with E-state index >= 15 is 0 Å². The number of methoxy groups -OCH3 is 1. The lowest BCUT2D eigenvalue weighted by Gasteiger charge is -2.03. The van der Waals surface area contributed by atoms with E-state index in [1.807, 2.05) is 33.4 Å². The number of fused-ring (bicyclic) bond motifs is 3. The SMILES string of the molecule is COc1ccc(CSc2nnc3c4cc(-c5ccc(C)c(C)c5)nn4ccn23)cc1. The van der Waals surface area contributed by atoms with Crippen LogP contribution in [0.25, 0.3) is 22.4 Å². The molecular weight excluding hydrogens is 394 g/mol. The monoisotopic (exact) mass is 415 g/mol. The van der Waals surface area contributed by atoms with Crippen LogP contribution in [0.2, 0.25) is 0 Å². The van der Waals surface area contributed by atoms with E-state index < -0.39 is 0 Å². The molecule has 2 aromatic carbocycles. The van der Waals surface area contributed by atoms with Gasteiger partial charge in [0.15, 0.2) is 10.8 Å². The standard InChI is InChI=1S/C23H21N5OS/c1-15-4-7-18(12-16(15)2)20-13-21-22-24-25-23(27(22)10-11-28(21)26-20)30-14-17-5-8-19(29-3)9-6-17/h4-13H,14H2,1-3H3. The van der Waals surface area contributed by atoms with Gasteiger partial charge in [-0.1, -0.05) is 36.0 Å². The van der Waals surface area contributed by atoms with Crippen LogP contribution in [-0.2, 0) is 5.75 Å². The number of thioether (sulfide) groups is 1. The van der Waals surface area contributed by atoms with Crippen LogP contribution in [0.3, 0.4) is 0 Å². The molecule has 5 aromatic rings. The maximum Gasteiger partial charge on any atom is 0.196 e. The van der Waals surface area contributed by atoms with Gasteiger partial charge in [-0.2, -0.15) is 5.10 Å². The molecule has 3 aromatic heterocycles. The number of benzene rings is 2. The molecule has 7 heteroatoms. The fourth-order valence-electron chi connectivity index (χ4n) is 3.40. The molecule has 150 valence electrons. The largest absolute Gasteiger partial charge is 0.497 e. The Labute approximate surface area is 178 Å². The second-order valence-electron chi connectivity index (χ2n) is 7.27. The molecule has 0 aliphatic carbocycles. The van der Waals surface area contributed by atoms with Gasteiger partial charge >= 0.3 is 0 Å². The lowest BCUT2D eigenvalue weighted by atomic mass is 10.0. The van der Waals surface area contributed by atoms with Gasteiger partial charge < -0.3 is 4.74 Å². The van der Waals surface area contributed by atoms with E-state index in [4.69, 9.17) is 9.84 Å². The minimum atomic E-state index is 0.803. The summed E-state index contributed by atoms with van der Waals surface area (Å²) < 4.78 is 9.11. The first kappa shape index (κ1) is 18.7. The first-order chi connectivity index (χ1) is 14.6. The number of hydrogen-bond donors (Lipinski definition) is 0. The molecular formula is C23H21N5OS. The van der Waals surface area contributed by atoms with Crippen molar-refractivity contribution in [2.24, 2.45) is 0 Å². The minimum absolute atomic E-state index is 0.803. The molecule has 0 N–H and O–H groups in total. The summed E-state index contributed by atoms with van der Waals surface area (Å²) in [6.07, 6.45) is 3.92. The Morgan fingerprint density at radius 1 is 0.933 bits per heavy atom. The van der Waals surface area contributed by atoms with Gasteiger partial charge in [0.1, 0.15) is 11.3 Å². The van der Waals surface area contributed by atoms with Crippen molar-refractivity contribution < 1.29 is 4.74 Å². The van der Waals surface area contributed by atoms with Crippen molar-refractivity contribution >= 4 is 22.9 Å². The van der Waals surface area contributed by atoms with Gasteiger partial charge in [0, 0.05) is 23.7 Å². The maximum atomic E-state index is 5.22. The number of hydrogen-bond acceptors (Lipinski definition) is 5. The fraction of sp³-hybridized carbons (Fsp3) is 0.174. The summed E-state index contributed by atoms with van der Waals surface area (Å²) in [5, 5.41) is 14.4. The predicted molar refractivity (Wildman–Crippen MR) is 119 cm³/mol. The van der Waals surface area contributed by atoms with Crippen molar-refractivity contribution in [3.63, 3.8) is 0 Å². The average Bonchev–Trinajstić information content (AvgIpc) is 3.38. The highest BCUT2D eigenvalue weighted by molar-refractivity contribution is 7.98. The van der Waals surface area contributed by atoms with Gasteiger partial charge in [0.05, 0.1) is 12.8 Å². The summed E-state index contributed by atoms with van der Waals surface area (Å²) in [7, 11) is 1.68. The third-order valence-corrected chi connectivity index (χ3v) is 6.33. The van der Waals surface area contributed by atoms with Crippen LogP contribution in [0, 0.1) is 13.8 Å². The van der Waals surface area contributed by atoms with Gasteiger partial charge in [-0.15, -0.1) is 10.2 Å². The average molecular weight is 416 g/mol. The van der Waals surface area contributed by atoms with E-state index in [0.29, 0.717) is 0 Å². The summed E-state index contributed by atoms with van der Waals surface area (Å²) in [6, 6.07) is 16.6. The molecule has 0 saturated carbocycles. The minimum Gasteiger partial charge on any atom is -0.497 e. The predicted octanol–water partition coefficient (Wildman–Crippen LogP) is 4.96. The second kappa shape index (κ2) is 7.50. The van der Waals surface area contributed by atoms with Gasteiger partial charge in [-0.05, 0) is 54.8 Å². The molecule has 0 saturated heterocycles. The number of nitrogens with zero attached hydrogens (tertiary/aromatic N) is 5. The van der Waals surface area contributed by atoms with Crippen LogP contribution in [0.5, 0.6) is 5.75 Å². The van der Waals surface area contributed by atoms with E-state index in [0.717, 1.165) is 39.1 Å². The van der Waals surface area contributed by atoms with Crippen molar-refractivity contribution in [1.29, 1.82) is 0 Å². The first-order valence-electron chi connectivity index (χ1n) is 9.69. The third-order valence-electron chi connectivity index (χ3n) is 5.32. The quantitative estimate of drug-likeness (QED) is 0.380. The zero-order valence-corrected chi connectivity index (χ0v) is 17.8. The van der Waals surface area contributed by atoms with Crippen LogP contribution < -0.4 is 4.74 Å². The summed E-state index contributed by atoms with van der Waals surface area (Å²) in [5.41, 5.74) is 7.53. The number of ether oxygens (including phenoxy) is 1. The van der Waals surface area contributed by atoms with Gasteiger partial charge in [0.25, 0.3) is 0 Å². The summed E-state index contributed by atoms with van der Waals surface area (Å²) in [4.78, 5) is 0. The normalized spacial score (nSPS) is 11.4. The Balaban J connectivity index is 1.46. The molecule has 0 aliphatic heterocycles. The molecule has 0 aliphatic rings. The zero-order chi connectivity index (χ0) is 20.7. The van der Waals surface area contributed by atoms with Crippen LogP contribution in [0.15, 0.2) is 66.1 Å². The van der Waals surface area contributed by atoms with Crippen LogP contribution >= 0.6 is 11.8 Å². The lowest BCUT2D eigenvalue weighted by Crippen LogP contribution is -1.94. The first-order valence-corrected chi connectivity index (χ1v) is 10.7. The summed E-state index contributed by atoms with van der Waals surface area (Å²) in [5.74, 6) is 1.67. The van der Waals surface area contributed by atoms with Gasteiger partial charge in [-0.25, -0.2) is 4.52 Å². The Morgan fingerprint density at radius 2 is 1.77 bits per heavy atom. The molecule has 3 heterocycles. The summed E-state index contributed by atoms with van der Waals surface area (Å²) >= 11 is 1.66. The number of aromatic nitrogens is 5. The molecule has 0 atom stereocenters. The lowest BCUT2D eigenvalue weighted by molar-refractivity contribution is 0.414. The molecule has 6 nitrogen and oxygen atoms in total. The molecule has 0 unspecified atom stereocenters. The number of aryl methyl sites for hydroxylation is 2.